The van der Waals surface area contributed by atoms with Crippen molar-refractivity contribution in [3.63, 3.8) is 0 Å². The summed E-state index contributed by atoms with van der Waals surface area (Å²) in [4.78, 5) is 34.1. The van der Waals surface area contributed by atoms with Gasteiger partial charge in [-0.05, 0) is 25.7 Å². The molecule has 6 heteroatoms. The molecule has 0 spiro atoms. The lowest BCUT2D eigenvalue weighted by molar-refractivity contribution is 0.101. The molecule has 17 heavy (non-hydrogen) atoms. The maximum absolute atomic E-state index is 11.8. The van der Waals surface area contributed by atoms with E-state index in [9.17, 15) is 9.59 Å². The SMILES string of the molecule is CSc1ncc2c(C)c(C(C)=O)c(=O)[nH]c2n1. The fourth-order valence-electron chi connectivity index (χ4n) is 1.73. The molecule has 2 aromatic heterocycles. The highest BCUT2D eigenvalue weighted by Crippen LogP contribution is 2.17. The molecule has 0 saturated carbocycles. The van der Waals surface area contributed by atoms with Gasteiger partial charge in [-0.1, -0.05) is 11.8 Å². The summed E-state index contributed by atoms with van der Waals surface area (Å²) < 4.78 is 0. The van der Waals surface area contributed by atoms with Gasteiger partial charge in [0, 0.05) is 11.6 Å². The number of pyridine rings is 1. The predicted molar refractivity (Wildman–Crippen MR) is 66.7 cm³/mol. The van der Waals surface area contributed by atoms with E-state index < -0.39 is 5.56 Å². The third kappa shape index (κ3) is 1.95. The van der Waals surface area contributed by atoms with Gasteiger partial charge in [0.25, 0.3) is 5.56 Å². The number of H-pyrrole nitrogens is 1. The van der Waals surface area contributed by atoms with Gasteiger partial charge in [-0.3, -0.25) is 9.59 Å². The summed E-state index contributed by atoms with van der Waals surface area (Å²) in [6, 6.07) is 0. The van der Waals surface area contributed by atoms with E-state index in [1.165, 1.54) is 18.7 Å². The van der Waals surface area contributed by atoms with Crippen LogP contribution in [0.3, 0.4) is 0 Å². The van der Waals surface area contributed by atoms with Crippen LogP contribution in [-0.2, 0) is 0 Å². The number of nitrogens with one attached hydrogen (secondary N) is 1. The molecule has 0 amide bonds. The van der Waals surface area contributed by atoms with E-state index in [0.29, 0.717) is 21.8 Å². The molecule has 2 rings (SSSR count). The average molecular weight is 249 g/mol. The molecule has 88 valence electrons. The van der Waals surface area contributed by atoms with Crippen molar-refractivity contribution in [2.24, 2.45) is 0 Å². The van der Waals surface area contributed by atoms with Gasteiger partial charge in [0.05, 0.1) is 5.56 Å². The number of aromatic amines is 1. The second-order valence-corrected chi connectivity index (χ2v) is 4.40. The van der Waals surface area contributed by atoms with Crippen molar-refractivity contribution in [1.82, 2.24) is 15.0 Å². The molecule has 0 radical (unpaired) electrons. The number of Topliss-reactive ketones (excluding diaryl/α,β-unsaturated/α-hetero) is 1. The van der Waals surface area contributed by atoms with Gasteiger partial charge in [-0.25, -0.2) is 9.97 Å². The van der Waals surface area contributed by atoms with Gasteiger partial charge in [0.1, 0.15) is 5.65 Å². The molecule has 0 aliphatic rings. The molecular formula is C11H11N3O2S. The van der Waals surface area contributed by atoms with Crippen LogP contribution in [0.15, 0.2) is 16.1 Å². The molecule has 0 aliphatic carbocycles. The number of fused-ring (bicyclic) bond motifs is 1. The second kappa shape index (κ2) is 4.29. The summed E-state index contributed by atoms with van der Waals surface area (Å²) in [5.41, 5.74) is 0.881. The number of ketones is 1. The van der Waals surface area contributed by atoms with Crippen LogP contribution in [-0.4, -0.2) is 27.0 Å². The Morgan fingerprint density at radius 3 is 2.76 bits per heavy atom. The Labute approximate surface area is 102 Å². The van der Waals surface area contributed by atoms with Gasteiger partial charge >= 0.3 is 0 Å². The minimum Gasteiger partial charge on any atom is -0.306 e. The topological polar surface area (TPSA) is 75.7 Å². The molecule has 0 fully saturated rings. The van der Waals surface area contributed by atoms with E-state index in [2.05, 4.69) is 15.0 Å². The first-order chi connectivity index (χ1) is 8.04. The molecule has 0 saturated heterocycles. The van der Waals surface area contributed by atoms with Crippen molar-refractivity contribution in [2.45, 2.75) is 19.0 Å². The second-order valence-electron chi connectivity index (χ2n) is 3.63. The summed E-state index contributed by atoms with van der Waals surface area (Å²) in [6.07, 6.45) is 3.49. The van der Waals surface area contributed by atoms with Crippen molar-refractivity contribution in [2.75, 3.05) is 6.26 Å². The first kappa shape index (κ1) is 11.8. The molecule has 0 aliphatic heterocycles. The smallest absolute Gasteiger partial charge is 0.260 e. The van der Waals surface area contributed by atoms with Crippen LogP contribution < -0.4 is 5.56 Å². The standard InChI is InChI=1S/C11H11N3O2S/c1-5-7-4-12-11(17-3)14-9(7)13-10(16)8(5)6(2)15/h4H,1-3H3,(H,12,13,14,16). The largest absolute Gasteiger partial charge is 0.306 e. The Hall–Kier alpha value is -1.69. The van der Waals surface area contributed by atoms with Crippen molar-refractivity contribution >= 4 is 28.6 Å². The maximum Gasteiger partial charge on any atom is 0.260 e. The number of thioether (sulfide) groups is 1. The Morgan fingerprint density at radius 2 is 2.18 bits per heavy atom. The van der Waals surface area contributed by atoms with Crippen LogP contribution in [0.2, 0.25) is 0 Å². The van der Waals surface area contributed by atoms with E-state index in [0.717, 1.165) is 0 Å². The Morgan fingerprint density at radius 1 is 1.47 bits per heavy atom. The number of hydrogen-bond acceptors (Lipinski definition) is 5. The lowest BCUT2D eigenvalue weighted by atomic mass is 10.1. The number of rotatable bonds is 2. The molecule has 2 heterocycles. The lowest BCUT2D eigenvalue weighted by Gasteiger charge is -2.05. The van der Waals surface area contributed by atoms with E-state index in [4.69, 9.17) is 0 Å². The Kier molecular flexibility index (Phi) is 2.97. The summed E-state index contributed by atoms with van der Waals surface area (Å²) in [7, 11) is 0. The third-order valence-corrected chi connectivity index (χ3v) is 3.10. The normalized spacial score (nSPS) is 10.8. The zero-order valence-corrected chi connectivity index (χ0v) is 10.5. The van der Waals surface area contributed by atoms with Crippen LogP contribution in [0.4, 0.5) is 0 Å². The fraction of sp³-hybridized carbons (Fsp3) is 0.273. The van der Waals surface area contributed by atoms with E-state index >= 15 is 0 Å². The minimum absolute atomic E-state index is 0.179. The molecule has 0 bridgehead atoms. The minimum atomic E-state index is -0.395. The fourth-order valence-corrected chi connectivity index (χ4v) is 2.07. The predicted octanol–water partition coefficient (Wildman–Crippen LogP) is 1.55. The number of carbonyl (C=O) groups excluding carboxylic acids is 1. The zero-order valence-electron chi connectivity index (χ0n) is 9.70. The third-order valence-electron chi connectivity index (χ3n) is 2.54. The molecule has 5 nitrogen and oxygen atoms in total. The van der Waals surface area contributed by atoms with Gasteiger partial charge in [0.2, 0.25) is 0 Å². The van der Waals surface area contributed by atoms with Crippen molar-refractivity contribution in [3.05, 3.63) is 27.7 Å². The van der Waals surface area contributed by atoms with Crippen LogP contribution in [0.1, 0.15) is 22.8 Å². The Bertz CT molecular complexity index is 664. The molecule has 1 N–H and O–H groups in total. The molecular weight excluding hydrogens is 238 g/mol. The molecule has 0 atom stereocenters. The molecule has 0 unspecified atom stereocenters. The Balaban J connectivity index is 2.86. The van der Waals surface area contributed by atoms with Crippen LogP contribution in [0, 0.1) is 6.92 Å². The first-order valence-electron chi connectivity index (χ1n) is 4.99. The number of carbonyl (C=O) groups is 1. The number of aromatic nitrogens is 3. The lowest BCUT2D eigenvalue weighted by Crippen LogP contribution is -2.18. The molecule has 2 aromatic rings. The van der Waals surface area contributed by atoms with Crippen molar-refractivity contribution < 1.29 is 4.79 Å². The quantitative estimate of drug-likeness (QED) is 0.496. The highest BCUT2D eigenvalue weighted by atomic mass is 32.2. The van der Waals surface area contributed by atoms with E-state index in [1.807, 2.05) is 6.26 Å². The monoisotopic (exact) mass is 249 g/mol. The van der Waals surface area contributed by atoms with E-state index in [-0.39, 0.29) is 11.3 Å². The molecule has 0 aromatic carbocycles. The van der Waals surface area contributed by atoms with Crippen molar-refractivity contribution in [3.8, 4) is 0 Å². The van der Waals surface area contributed by atoms with Gasteiger partial charge in [-0.2, -0.15) is 0 Å². The maximum atomic E-state index is 11.8. The summed E-state index contributed by atoms with van der Waals surface area (Å²) in [5.74, 6) is -0.250. The van der Waals surface area contributed by atoms with Crippen LogP contribution in [0.5, 0.6) is 0 Å². The number of aryl methyl sites for hydroxylation is 1. The van der Waals surface area contributed by atoms with Gasteiger partial charge in [-0.15, -0.1) is 0 Å². The van der Waals surface area contributed by atoms with E-state index in [1.54, 1.807) is 13.1 Å². The first-order valence-corrected chi connectivity index (χ1v) is 6.21. The highest BCUT2D eigenvalue weighted by molar-refractivity contribution is 7.98. The van der Waals surface area contributed by atoms with Crippen molar-refractivity contribution in [1.29, 1.82) is 0 Å². The van der Waals surface area contributed by atoms with Gasteiger partial charge < -0.3 is 4.98 Å². The summed E-state index contributed by atoms with van der Waals surface area (Å²) in [5, 5.41) is 1.29. The van der Waals surface area contributed by atoms with Crippen LogP contribution >= 0.6 is 11.8 Å². The van der Waals surface area contributed by atoms with Crippen LogP contribution in [0.25, 0.3) is 11.0 Å². The van der Waals surface area contributed by atoms with Gasteiger partial charge in [0.15, 0.2) is 10.9 Å². The summed E-state index contributed by atoms with van der Waals surface area (Å²) in [6.45, 7) is 3.11. The number of nitrogens with zero attached hydrogens (tertiary/aromatic N) is 2. The average Bonchev–Trinajstić information content (AvgIpc) is 2.27. The highest BCUT2D eigenvalue weighted by Gasteiger charge is 2.14. The summed E-state index contributed by atoms with van der Waals surface area (Å²) >= 11 is 1.39. The number of hydrogen-bond donors (Lipinski definition) is 1. The zero-order chi connectivity index (χ0) is 12.6.